The lowest BCUT2D eigenvalue weighted by Crippen LogP contribution is -2.44. The van der Waals surface area contributed by atoms with E-state index in [1.54, 1.807) is 31.2 Å². The van der Waals surface area contributed by atoms with E-state index < -0.39 is 17.5 Å². The van der Waals surface area contributed by atoms with Gasteiger partial charge in [-0.1, -0.05) is 32.0 Å². The maximum absolute atomic E-state index is 12.5. The summed E-state index contributed by atoms with van der Waals surface area (Å²) in [6.45, 7) is 5.56. The van der Waals surface area contributed by atoms with Gasteiger partial charge in [0.2, 0.25) is 5.91 Å². The minimum atomic E-state index is -0.922. The second-order valence-corrected chi connectivity index (χ2v) is 6.50. The maximum Gasteiger partial charge on any atom is 0.325 e. The summed E-state index contributed by atoms with van der Waals surface area (Å²) in [5.74, 6) is -0.300. The molecule has 124 valence electrons. The molecule has 2 N–H and O–H groups in total. The lowest BCUT2D eigenvalue weighted by Gasteiger charge is -2.22. The number of benzene rings is 1. The van der Waals surface area contributed by atoms with Crippen LogP contribution in [0.4, 0.5) is 10.5 Å². The molecule has 2 rings (SSSR count). The first-order valence-corrected chi connectivity index (χ1v) is 7.81. The maximum atomic E-state index is 12.5. The van der Waals surface area contributed by atoms with Crippen LogP contribution in [0.25, 0.3) is 0 Å². The zero-order valence-corrected chi connectivity index (χ0v) is 13.8. The van der Waals surface area contributed by atoms with Crippen molar-refractivity contribution in [3.63, 3.8) is 0 Å². The highest BCUT2D eigenvalue weighted by atomic mass is 16.2. The van der Waals surface area contributed by atoms with Crippen LogP contribution >= 0.6 is 0 Å². The number of hydrogen-bond donors (Lipinski definition) is 2. The largest absolute Gasteiger partial charge is 0.325 e. The Morgan fingerprint density at radius 1 is 1.26 bits per heavy atom. The van der Waals surface area contributed by atoms with Gasteiger partial charge in [-0.2, -0.15) is 0 Å². The molecular formula is C17H23N3O3. The second kappa shape index (κ2) is 6.81. The summed E-state index contributed by atoms with van der Waals surface area (Å²) in [6, 6.07) is 8.42. The number of urea groups is 1. The van der Waals surface area contributed by atoms with E-state index in [-0.39, 0.29) is 12.5 Å². The van der Waals surface area contributed by atoms with Gasteiger partial charge in [0.1, 0.15) is 12.1 Å². The summed E-state index contributed by atoms with van der Waals surface area (Å²) in [4.78, 5) is 37.6. The molecule has 4 amide bonds. The quantitative estimate of drug-likeness (QED) is 0.791. The van der Waals surface area contributed by atoms with Crippen molar-refractivity contribution in [3.05, 3.63) is 30.3 Å². The molecule has 0 bridgehead atoms. The Hall–Kier alpha value is -2.37. The highest BCUT2D eigenvalue weighted by Gasteiger charge is 2.47. The second-order valence-electron chi connectivity index (χ2n) is 6.50. The van der Waals surface area contributed by atoms with E-state index in [0.29, 0.717) is 18.0 Å². The number of imide groups is 1. The molecule has 0 saturated carbocycles. The van der Waals surface area contributed by atoms with Gasteiger partial charge in [-0.15, -0.1) is 0 Å². The van der Waals surface area contributed by atoms with Crippen molar-refractivity contribution in [1.82, 2.24) is 10.2 Å². The Morgan fingerprint density at radius 2 is 1.91 bits per heavy atom. The van der Waals surface area contributed by atoms with Gasteiger partial charge in [0.15, 0.2) is 0 Å². The number of carbonyl (C=O) groups is 3. The van der Waals surface area contributed by atoms with Gasteiger partial charge < -0.3 is 10.6 Å². The summed E-state index contributed by atoms with van der Waals surface area (Å²) < 4.78 is 0. The summed E-state index contributed by atoms with van der Waals surface area (Å²) in [6.07, 6.45) is 1.39. The SMILES string of the molecule is CC(C)CC[C@@]1(C)NC(=O)N(CC(=O)Nc2ccccc2)C1=O. The fraction of sp³-hybridized carbons (Fsp3) is 0.471. The molecule has 1 heterocycles. The molecule has 23 heavy (non-hydrogen) atoms. The Morgan fingerprint density at radius 3 is 2.52 bits per heavy atom. The van der Waals surface area contributed by atoms with E-state index in [1.165, 1.54) is 0 Å². The molecule has 0 aromatic heterocycles. The summed E-state index contributed by atoms with van der Waals surface area (Å²) in [5, 5.41) is 5.39. The highest BCUT2D eigenvalue weighted by molar-refractivity contribution is 6.09. The van der Waals surface area contributed by atoms with Crippen molar-refractivity contribution in [2.45, 2.75) is 39.2 Å². The van der Waals surface area contributed by atoms with Crippen molar-refractivity contribution in [2.24, 2.45) is 5.92 Å². The zero-order valence-electron chi connectivity index (χ0n) is 13.8. The van der Waals surface area contributed by atoms with Crippen molar-refractivity contribution in [1.29, 1.82) is 0 Å². The van der Waals surface area contributed by atoms with E-state index in [1.807, 2.05) is 6.07 Å². The van der Waals surface area contributed by atoms with Crippen molar-refractivity contribution >= 4 is 23.5 Å². The van der Waals surface area contributed by atoms with Gasteiger partial charge in [0.25, 0.3) is 5.91 Å². The third-order valence-electron chi connectivity index (χ3n) is 3.93. The molecule has 1 saturated heterocycles. The molecular weight excluding hydrogens is 294 g/mol. The third-order valence-corrected chi connectivity index (χ3v) is 3.93. The zero-order chi connectivity index (χ0) is 17.0. The van der Waals surface area contributed by atoms with Crippen LogP contribution in [-0.4, -0.2) is 34.8 Å². The van der Waals surface area contributed by atoms with Crippen LogP contribution in [0.5, 0.6) is 0 Å². The summed E-state index contributed by atoms with van der Waals surface area (Å²) >= 11 is 0. The molecule has 0 spiro atoms. The predicted octanol–water partition coefficient (Wildman–Crippen LogP) is 2.37. The first kappa shape index (κ1) is 17.0. The van der Waals surface area contributed by atoms with Crippen LogP contribution < -0.4 is 10.6 Å². The molecule has 1 aliphatic heterocycles. The van der Waals surface area contributed by atoms with Crippen LogP contribution in [-0.2, 0) is 9.59 Å². The van der Waals surface area contributed by atoms with Crippen molar-refractivity contribution < 1.29 is 14.4 Å². The van der Waals surface area contributed by atoms with Gasteiger partial charge in [-0.05, 0) is 37.8 Å². The Bertz CT molecular complexity index is 600. The van der Waals surface area contributed by atoms with E-state index in [4.69, 9.17) is 0 Å². The summed E-state index contributed by atoms with van der Waals surface area (Å²) in [5.41, 5.74) is -0.291. The van der Waals surface area contributed by atoms with Gasteiger partial charge in [0, 0.05) is 5.69 Å². The first-order valence-electron chi connectivity index (χ1n) is 7.81. The number of para-hydroxylation sites is 1. The number of amides is 4. The number of nitrogens with zero attached hydrogens (tertiary/aromatic N) is 1. The number of carbonyl (C=O) groups excluding carboxylic acids is 3. The lowest BCUT2D eigenvalue weighted by atomic mass is 9.92. The Labute approximate surface area is 136 Å². The monoisotopic (exact) mass is 317 g/mol. The lowest BCUT2D eigenvalue weighted by molar-refractivity contribution is -0.133. The molecule has 1 aliphatic rings. The van der Waals surface area contributed by atoms with Crippen LogP contribution in [0.1, 0.15) is 33.6 Å². The van der Waals surface area contributed by atoms with Crippen LogP contribution in [0.3, 0.4) is 0 Å². The van der Waals surface area contributed by atoms with E-state index in [2.05, 4.69) is 24.5 Å². The standard InChI is InChI=1S/C17H23N3O3/c1-12(2)9-10-17(3)15(22)20(16(23)19-17)11-14(21)18-13-7-5-4-6-8-13/h4-8,12H,9-11H2,1-3H3,(H,18,21)(H,19,23)/t17-/m1/s1. The molecule has 1 atom stereocenters. The normalized spacial score (nSPS) is 20.8. The molecule has 0 radical (unpaired) electrons. The van der Waals surface area contributed by atoms with Crippen LogP contribution in [0, 0.1) is 5.92 Å². The average Bonchev–Trinajstić information content (AvgIpc) is 2.70. The number of hydrogen-bond acceptors (Lipinski definition) is 3. The number of anilines is 1. The number of rotatable bonds is 6. The van der Waals surface area contributed by atoms with E-state index in [9.17, 15) is 14.4 Å². The Balaban J connectivity index is 1.98. The van der Waals surface area contributed by atoms with Crippen LogP contribution in [0.15, 0.2) is 30.3 Å². The highest BCUT2D eigenvalue weighted by Crippen LogP contribution is 2.24. The van der Waals surface area contributed by atoms with Gasteiger partial charge in [0.05, 0.1) is 0 Å². The summed E-state index contributed by atoms with van der Waals surface area (Å²) in [7, 11) is 0. The molecule has 6 nitrogen and oxygen atoms in total. The van der Waals surface area contributed by atoms with Gasteiger partial charge in [-0.3, -0.25) is 14.5 Å². The topological polar surface area (TPSA) is 78.5 Å². The fourth-order valence-electron chi connectivity index (χ4n) is 2.50. The van der Waals surface area contributed by atoms with Crippen molar-refractivity contribution in [3.8, 4) is 0 Å². The fourth-order valence-corrected chi connectivity index (χ4v) is 2.50. The van der Waals surface area contributed by atoms with E-state index in [0.717, 1.165) is 11.3 Å². The minimum Gasteiger partial charge on any atom is -0.325 e. The van der Waals surface area contributed by atoms with Gasteiger partial charge in [-0.25, -0.2) is 4.79 Å². The molecule has 1 aromatic rings. The smallest absolute Gasteiger partial charge is 0.325 e. The molecule has 1 aromatic carbocycles. The minimum absolute atomic E-state index is 0.281. The van der Waals surface area contributed by atoms with Crippen molar-refractivity contribution in [2.75, 3.05) is 11.9 Å². The molecule has 6 heteroatoms. The molecule has 0 aliphatic carbocycles. The van der Waals surface area contributed by atoms with Gasteiger partial charge >= 0.3 is 6.03 Å². The molecule has 0 unspecified atom stereocenters. The van der Waals surface area contributed by atoms with Crippen LogP contribution in [0.2, 0.25) is 0 Å². The predicted molar refractivity (Wildman–Crippen MR) is 87.8 cm³/mol. The average molecular weight is 317 g/mol. The molecule has 1 fully saturated rings. The number of nitrogens with one attached hydrogen (secondary N) is 2. The third kappa shape index (κ3) is 4.09. The Kier molecular flexibility index (Phi) is 5.03. The first-order chi connectivity index (χ1) is 10.8. The van der Waals surface area contributed by atoms with E-state index >= 15 is 0 Å².